The lowest BCUT2D eigenvalue weighted by Gasteiger charge is -2.15. The van der Waals surface area contributed by atoms with Crippen LogP contribution in [0.2, 0.25) is 0 Å². The van der Waals surface area contributed by atoms with Gasteiger partial charge in [0.15, 0.2) is 0 Å². The number of fused-ring (bicyclic) bond motifs is 1. The van der Waals surface area contributed by atoms with Crippen LogP contribution in [0.15, 0.2) is 48.5 Å². The van der Waals surface area contributed by atoms with E-state index >= 15 is 0 Å². The lowest BCUT2D eigenvalue weighted by atomic mass is 9.97. The van der Waals surface area contributed by atoms with E-state index < -0.39 is 0 Å². The van der Waals surface area contributed by atoms with E-state index in [9.17, 15) is 4.79 Å². The first-order valence-corrected chi connectivity index (χ1v) is 8.35. The second-order valence-electron chi connectivity index (χ2n) is 6.09. The van der Waals surface area contributed by atoms with Crippen molar-refractivity contribution in [1.82, 2.24) is 10.3 Å². The van der Waals surface area contributed by atoms with Crippen LogP contribution in [0.5, 0.6) is 0 Å². The number of ether oxygens (including phenoxy) is 1. The number of aryl methyl sites for hydroxylation is 1. The summed E-state index contributed by atoms with van der Waals surface area (Å²) >= 11 is 0. The van der Waals surface area contributed by atoms with E-state index in [0.717, 1.165) is 27.7 Å². The summed E-state index contributed by atoms with van der Waals surface area (Å²) in [5, 5.41) is 3.80. The fourth-order valence-corrected chi connectivity index (χ4v) is 2.95. The third-order valence-corrected chi connectivity index (χ3v) is 4.28. The zero-order valence-corrected chi connectivity index (χ0v) is 14.8. The van der Waals surface area contributed by atoms with Crippen LogP contribution in [0, 0.1) is 13.8 Å². The molecular weight excluding hydrogens is 312 g/mol. The van der Waals surface area contributed by atoms with Crippen molar-refractivity contribution in [2.75, 3.05) is 20.3 Å². The van der Waals surface area contributed by atoms with Gasteiger partial charge in [-0.05, 0) is 25.5 Å². The van der Waals surface area contributed by atoms with Crippen molar-refractivity contribution < 1.29 is 9.53 Å². The van der Waals surface area contributed by atoms with Crippen molar-refractivity contribution in [3.63, 3.8) is 0 Å². The molecule has 0 saturated carbocycles. The Hall–Kier alpha value is -2.72. The first-order chi connectivity index (χ1) is 12.1. The number of pyridine rings is 1. The molecule has 1 aromatic heterocycles. The Balaban J connectivity index is 2.15. The maximum absolute atomic E-state index is 12.8. The van der Waals surface area contributed by atoms with Crippen molar-refractivity contribution in [2.45, 2.75) is 13.8 Å². The molecule has 1 amide bonds. The molecule has 4 nitrogen and oxygen atoms in total. The van der Waals surface area contributed by atoms with Crippen LogP contribution in [0.4, 0.5) is 0 Å². The number of nitrogens with zero attached hydrogens (tertiary/aromatic N) is 1. The smallest absolute Gasteiger partial charge is 0.252 e. The number of amides is 1. The molecule has 0 aliphatic carbocycles. The molecule has 128 valence electrons. The lowest BCUT2D eigenvalue weighted by Crippen LogP contribution is -2.28. The zero-order chi connectivity index (χ0) is 17.8. The maximum Gasteiger partial charge on any atom is 0.252 e. The highest BCUT2D eigenvalue weighted by atomic mass is 16.5. The monoisotopic (exact) mass is 334 g/mol. The summed E-state index contributed by atoms with van der Waals surface area (Å²) in [6.45, 7) is 4.98. The minimum atomic E-state index is -0.0958. The predicted molar refractivity (Wildman–Crippen MR) is 101 cm³/mol. The number of methoxy groups -OCH3 is 1. The second-order valence-corrected chi connectivity index (χ2v) is 6.09. The molecule has 0 saturated heterocycles. The Morgan fingerprint density at radius 3 is 2.52 bits per heavy atom. The number of carbonyl (C=O) groups excluding carboxylic acids is 1. The number of rotatable bonds is 5. The minimum Gasteiger partial charge on any atom is -0.383 e. The molecule has 3 aromatic rings. The van der Waals surface area contributed by atoms with Crippen LogP contribution in [0.1, 0.15) is 21.5 Å². The van der Waals surface area contributed by atoms with Gasteiger partial charge in [0.25, 0.3) is 5.91 Å². The van der Waals surface area contributed by atoms with E-state index in [4.69, 9.17) is 9.72 Å². The molecule has 3 rings (SSSR count). The highest BCUT2D eigenvalue weighted by Gasteiger charge is 2.18. The molecule has 0 atom stereocenters. The Labute approximate surface area is 147 Å². The predicted octanol–water partition coefficient (Wildman–Crippen LogP) is 3.89. The SMILES string of the molecule is COCCNC(=O)c1c(C)c(-c2ccc(C)cc2)nc2ccccc12. The number of aromatic nitrogens is 1. The molecule has 0 unspecified atom stereocenters. The van der Waals surface area contributed by atoms with Crippen molar-refractivity contribution in [2.24, 2.45) is 0 Å². The second kappa shape index (κ2) is 7.45. The summed E-state index contributed by atoms with van der Waals surface area (Å²) in [7, 11) is 1.62. The average Bonchev–Trinajstić information content (AvgIpc) is 2.62. The number of carbonyl (C=O) groups is 1. The molecule has 1 N–H and O–H groups in total. The van der Waals surface area contributed by atoms with Gasteiger partial charge in [0.2, 0.25) is 0 Å². The van der Waals surface area contributed by atoms with Gasteiger partial charge in [-0.25, -0.2) is 4.98 Å². The van der Waals surface area contributed by atoms with Crippen LogP contribution in [-0.4, -0.2) is 31.2 Å². The molecule has 1 heterocycles. The molecular formula is C21H22N2O2. The first-order valence-electron chi connectivity index (χ1n) is 8.35. The van der Waals surface area contributed by atoms with Crippen molar-refractivity contribution in [3.05, 3.63) is 65.2 Å². The van der Waals surface area contributed by atoms with Gasteiger partial charge in [-0.1, -0.05) is 48.0 Å². The number of benzene rings is 2. The van der Waals surface area contributed by atoms with Gasteiger partial charge in [-0.3, -0.25) is 4.79 Å². The summed E-state index contributed by atoms with van der Waals surface area (Å²) in [6.07, 6.45) is 0. The van der Waals surface area contributed by atoms with Crippen molar-refractivity contribution in [1.29, 1.82) is 0 Å². The Bertz CT molecular complexity index is 902. The van der Waals surface area contributed by atoms with Crippen LogP contribution >= 0.6 is 0 Å². The maximum atomic E-state index is 12.8. The third-order valence-electron chi connectivity index (χ3n) is 4.28. The van der Waals surface area contributed by atoms with E-state index in [1.165, 1.54) is 5.56 Å². The van der Waals surface area contributed by atoms with Gasteiger partial charge >= 0.3 is 0 Å². The Kier molecular flexibility index (Phi) is 5.10. The van der Waals surface area contributed by atoms with Crippen LogP contribution < -0.4 is 5.32 Å². The van der Waals surface area contributed by atoms with E-state index in [2.05, 4.69) is 24.4 Å². The van der Waals surface area contributed by atoms with Gasteiger partial charge in [0.1, 0.15) is 0 Å². The number of hydrogen-bond donors (Lipinski definition) is 1. The molecule has 0 fully saturated rings. The molecule has 0 aliphatic heterocycles. The summed E-state index contributed by atoms with van der Waals surface area (Å²) in [6, 6.07) is 16.0. The van der Waals surface area contributed by atoms with E-state index in [0.29, 0.717) is 18.7 Å². The average molecular weight is 334 g/mol. The molecule has 0 spiro atoms. The van der Waals surface area contributed by atoms with Crippen molar-refractivity contribution in [3.8, 4) is 11.3 Å². The van der Waals surface area contributed by atoms with Crippen LogP contribution in [0.25, 0.3) is 22.2 Å². The quantitative estimate of drug-likeness (QED) is 0.720. The Morgan fingerprint density at radius 2 is 1.80 bits per heavy atom. The lowest BCUT2D eigenvalue weighted by molar-refractivity contribution is 0.0938. The summed E-state index contributed by atoms with van der Waals surface area (Å²) in [4.78, 5) is 17.6. The van der Waals surface area contributed by atoms with Crippen LogP contribution in [0.3, 0.4) is 0 Å². The van der Waals surface area contributed by atoms with Gasteiger partial charge < -0.3 is 10.1 Å². The highest BCUT2D eigenvalue weighted by molar-refractivity contribution is 6.08. The molecule has 0 aliphatic rings. The Morgan fingerprint density at radius 1 is 1.08 bits per heavy atom. The highest BCUT2D eigenvalue weighted by Crippen LogP contribution is 2.29. The minimum absolute atomic E-state index is 0.0958. The van der Waals surface area contributed by atoms with Crippen molar-refractivity contribution >= 4 is 16.8 Å². The van der Waals surface area contributed by atoms with Crippen LogP contribution in [-0.2, 0) is 4.74 Å². The van der Waals surface area contributed by atoms with E-state index in [1.54, 1.807) is 7.11 Å². The molecule has 25 heavy (non-hydrogen) atoms. The summed E-state index contributed by atoms with van der Waals surface area (Å²) < 4.78 is 5.02. The normalized spacial score (nSPS) is 10.8. The standard InChI is InChI=1S/C21H22N2O2/c1-14-8-10-16(11-9-14)20-15(2)19(21(24)22-12-13-25-3)17-6-4-5-7-18(17)23-20/h4-11H,12-13H2,1-3H3,(H,22,24). The van der Waals surface area contributed by atoms with Gasteiger partial charge in [-0.2, -0.15) is 0 Å². The topological polar surface area (TPSA) is 51.2 Å². The summed E-state index contributed by atoms with van der Waals surface area (Å²) in [5.74, 6) is -0.0958. The van der Waals surface area contributed by atoms with Gasteiger partial charge in [-0.15, -0.1) is 0 Å². The summed E-state index contributed by atoms with van der Waals surface area (Å²) in [5.41, 5.74) is 5.44. The first kappa shape index (κ1) is 17.1. The number of nitrogens with one attached hydrogen (secondary N) is 1. The molecule has 4 heteroatoms. The van der Waals surface area contributed by atoms with Gasteiger partial charge in [0, 0.05) is 24.6 Å². The number of para-hydroxylation sites is 1. The zero-order valence-electron chi connectivity index (χ0n) is 14.8. The fourth-order valence-electron chi connectivity index (χ4n) is 2.95. The third kappa shape index (κ3) is 3.54. The van der Waals surface area contributed by atoms with E-state index in [-0.39, 0.29) is 5.91 Å². The molecule has 0 bridgehead atoms. The van der Waals surface area contributed by atoms with Gasteiger partial charge in [0.05, 0.1) is 23.4 Å². The van der Waals surface area contributed by atoms with E-state index in [1.807, 2.05) is 43.3 Å². The fraction of sp³-hybridized carbons (Fsp3) is 0.238. The number of hydrogen-bond acceptors (Lipinski definition) is 3. The largest absolute Gasteiger partial charge is 0.383 e. The molecule has 0 radical (unpaired) electrons. The molecule has 2 aromatic carbocycles.